The molecule has 0 N–H and O–H groups in total. The second kappa shape index (κ2) is 7.61. The van der Waals surface area contributed by atoms with Crippen molar-refractivity contribution in [1.29, 1.82) is 0 Å². The van der Waals surface area contributed by atoms with Crippen LogP contribution in [0.4, 0.5) is 0 Å². The number of rotatable bonds is 5. The number of aromatic nitrogens is 2. The first-order valence-corrected chi connectivity index (χ1v) is 8.84. The molecule has 1 aromatic carbocycles. The van der Waals surface area contributed by atoms with Crippen LogP contribution in [-0.2, 0) is 19.3 Å². The van der Waals surface area contributed by atoms with Crippen LogP contribution in [-0.4, -0.2) is 16.6 Å². The van der Waals surface area contributed by atoms with Crippen LogP contribution in [0.5, 0.6) is 5.88 Å². The zero-order valence-corrected chi connectivity index (χ0v) is 14.7. The summed E-state index contributed by atoms with van der Waals surface area (Å²) in [4.78, 5) is 9.62. The van der Waals surface area contributed by atoms with Gasteiger partial charge in [-0.15, -0.1) is 0 Å². The number of allylic oxidation sites excluding steroid dienone is 1. The lowest BCUT2D eigenvalue weighted by atomic mass is 10.1. The highest BCUT2D eigenvalue weighted by atomic mass is 16.5. The van der Waals surface area contributed by atoms with Gasteiger partial charge in [-0.1, -0.05) is 56.3 Å². The lowest BCUT2D eigenvalue weighted by molar-refractivity contribution is 0.257. The predicted molar refractivity (Wildman–Crippen MR) is 97.4 cm³/mol. The Balaban J connectivity index is 1.92. The van der Waals surface area contributed by atoms with Crippen molar-refractivity contribution in [2.24, 2.45) is 5.92 Å². The van der Waals surface area contributed by atoms with Gasteiger partial charge in [-0.2, -0.15) is 4.98 Å². The molecule has 2 aromatic rings. The zero-order valence-electron chi connectivity index (χ0n) is 14.7. The van der Waals surface area contributed by atoms with Crippen LogP contribution in [0.25, 0.3) is 0 Å². The largest absolute Gasteiger partial charge is 0.477 e. The molecule has 1 aliphatic carbocycles. The number of hydrogen-bond donors (Lipinski definition) is 0. The maximum Gasteiger partial charge on any atom is 0.220 e. The van der Waals surface area contributed by atoms with Gasteiger partial charge in [-0.05, 0) is 37.2 Å². The van der Waals surface area contributed by atoms with Gasteiger partial charge < -0.3 is 4.74 Å². The molecule has 24 heavy (non-hydrogen) atoms. The highest BCUT2D eigenvalue weighted by Gasteiger charge is 2.19. The molecule has 126 valence electrons. The van der Waals surface area contributed by atoms with Gasteiger partial charge in [0.2, 0.25) is 5.88 Å². The van der Waals surface area contributed by atoms with E-state index in [4.69, 9.17) is 14.7 Å². The molecule has 0 amide bonds. The summed E-state index contributed by atoms with van der Waals surface area (Å²) in [6.07, 6.45) is 4.64. The van der Waals surface area contributed by atoms with E-state index in [2.05, 4.69) is 44.7 Å². The number of benzene rings is 1. The van der Waals surface area contributed by atoms with Gasteiger partial charge >= 0.3 is 0 Å². The summed E-state index contributed by atoms with van der Waals surface area (Å²) in [5.74, 6) is 2.12. The third-order valence-electron chi connectivity index (χ3n) is 4.30. The fourth-order valence-corrected chi connectivity index (χ4v) is 2.96. The Bertz CT molecular complexity index is 707. The molecule has 1 aliphatic rings. The van der Waals surface area contributed by atoms with Crippen LogP contribution in [0, 0.1) is 5.92 Å². The maximum absolute atomic E-state index is 6.05. The number of ether oxygens (including phenoxy) is 1. The average molecular weight is 322 g/mol. The van der Waals surface area contributed by atoms with Gasteiger partial charge in [-0.25, -0.2) is 4.98 Å². The quantitative estimate of drug-likeness (QED) is 0.599. The smallest absolute Gasteiger partial charge is 0.220 e. The van der Waals surface area contributed by atoms with Crippen molar-refractivity contribution in [3.05, 3.63) is 65.1 Å². The minimum atomic E-state index is 0.480. The fraction of sp³-hybridized carbons (Fsp3) is 0.429. The van der Waals surface area contributed by atoms with Crippen LogP contribution in [0.1, 0.15) is 49.3 Å². The summed E-state index contributed by atoms with van der Waals surface area (Å²) in [5.41, 5.74) is 4.86. The molecule has 0 unspecified atom stereocenters. The molecule has 0 bridgehead atoms. The molecule has 0 radical (unpaired) electrons. The van der Waals surface area contributed by atoms with Crippen molar-refractivity contribution < 1.29 is 4.74 Å². The van der Waals surface area contributed by atoms with Crippen LogP contribution < -0.4 is 4.74 Å². The molecular formula is C21H26N2O. The van der Waals surface area contributed by atoms with E-state index in [1.54, 1.807) is 0 Å². The Kier molecular flexibility index (Phi) is 5.29. The maximum atomic E-state index is 6.05. The second-order valence-electron chi connectivity index (χ2n) is 6.99. The summed E-state index contributed by atoms with van der Waals surface area (Å²) in [7, 11) is 0. The molecule has 3 rings (SSSR count). The van der Waals surface area contributed by atoms with Crippen LogP contribution in [0.2, 0.25) is 0 Å². The first-order valence-electron chi connectivity index (χ1n) is 8.84. The number of aryl methyl sites for hydroxylation is 1. The van der Waals surface area contributed by atoms with Crippen molar-refractivity contribution in [1.82, 2.24) is 9.97 Å². The van der Waals surface area contributed by atoms with Gasteiger partial charge in [-0.3, -0.25) is 0 Å². The van der Waals surface area contributed by atoms with E-state index >= 15 is 0 Å². The monoisotopic (exact) mass is 322 g/mol. The Hall–Kier alpha value is -2.16. The van der Waals surface area contributed by atoms with Gasteiger partial charge in [0, 0.05) is 12.0 Å². The molecule has 0 saturated carbocycles. The van der Waals surface area contributed by atoms with E-state index in [-0.39, 0.29) is 0 Å². The second-order valence-corrected chi connectivity index (χ2v) is 6.99. The molecule has 0 aliphatic heterocycles. The Labute approximate surface area is 144 Å². The van der Waals surface area contributed by atoms with E-state index in [1.807, 2.05) is 6.07 Å². The number of fused-ring (bicyclic) bond motifs is 1. The van der Waals surface area contributed by atoms with E-state index in [1.165, 1.54) is 16.7 Å². The molecule has 0 fully saturated rings. The van der Waals surface area contributed by atoms with Gasteiger partial charge in [0.15, 0.2) is 0 Å². The average Bonchev–Trinajstić information content (AvgIpc) is 2.76. The summed E-state index contributed by atoms with van der Waals surface area (Å²) < 4.78 is 6.05. The Morgan fingerprint density at radius 2 is 1.79 bits per heavy atom. The Morgan fingerprint density at radius 1 is 1.04 bits per heavy atom. The molecule has 3 nitrogen and oxygen atoms in total. The third-order valence-corrected chi connectivity index (χ3v) is 4.30. The minimum Gasteiger partial charge on any atom is -0.477 e. The van der Waals surface area contributed by atoms with E-state index < -0.39 is 0 Å². The summed E-state index contributed by atoms with van der Waals surface area (Å²) in [6, 6.07) is 10.4. The van der Waals surface area contributed by atoms with E-state index in [0.29, 0.717) is 12.5 Å². The standard InChI is InChI=1S/C21H26N2O/c1-15(2)14-24-21-18-11-9-16(3)10-12-19(18)22-20(23-21)13-17-7-5-4-6-8-17/h4-8,15H,3,9-14H2,1-2H3. The molecule has 1 heterocycles. The molecule has 0 saturated heterocycles. The highest BCUT2D eigenvalue weighted by molar-refractivity contribution is 5.35. The first-order chi connectivity index (χ1) is 11.6. The van der Waals surface area contributed by atoms with Gasteiger partial charge in [0.25, 0.3) is 0 Å². The van der Waals surface area contributed by atoms with E-state index in [0.717, 1.165) is 49.5 Å². The van der Waals surface area contributed by atoms with Crippen LogP contribution in [0.15, 0.2) is 42.5 Å². The number of nitrogens with zero attached hydrogens (tertiary/aromatic N) is 2. The lowest BCUT2D eigenvalue weighted by Crippen LogP contribution is -2.12. The summed E-state index contributed by atoms with van der Waals surface area (Å²) in [6.45, 7) is 9.17. The zero-order chi connectivity index (χ0) is 16.9. The van der Waals surface area contributed by atoms with Crippen molar-refractivity contribution in [3.8, 4) is 5.88 Å². The van der Waals surface area contributed by atoms with Gasteiger partial charge in [0.1, 0.15) is 5.82 Å². The molecule has 0 spiro atoms. The van der Waals surface area contributed by atoms with Crippen molar-refractivity contribution in [2.45, 2.75) is 46.0 Å². The predicted octanol–water partition coefficient (Wildman–Crippen LogP) is 4.54. The summed E-state index contributed by atoms with van der Waals surface area (Å²) >= 11 is 0. The minimum absolute atomic E-state index is 0.480. The van der Waals surface area contributed by atoms with Gasteiger partial charge in [0.05, 0.1) is 12.3 Å². The topological polar surface area (TPSA) is 35.0 Å². The molecular weight excluding hydrogens is 296 g/mol. The van der Waals surface area contributed by atoms with Crippen LogP contribution in [0.3, 0.4) is 0 Å². The molecule has 3 heteroatoms. The van der Waals surface area contributed by atoms with Crippen LogP contribution >= 0.6 is 0 Å². The van der Waals surface area contributed by atoms with E-state index in [9.17, 15) is 0 Å². The number of hydrogen-bond acceptors (Lipinski definition) is 3. The van der Waals surface area contributed by atoms with Crippen molar-refractivity contribution >= 4 is 0 Å². The molecule has 1 aromatic heterocycles. The van der Waals surface area contributed by atoms with Crippen molar-refractivity contribution in [2.75, 3.05) is 6.61 Å². The van der Waals surface area contributed by atoms with Crippen molar-refractivity contribution in [3.63, 3.8) is 0 Å². The first kappa shape index (κ1) is 16.7. The summed E-state index contributed by atoms with van der Waals surface area (Å²) in [5, 5.41) is 0. The normalized spacial score (nSPS) is 14.4. The lowest BCUT2D eigenvalue weighted by Gasteiger charge is -2.15. The molecule has 0 atom stereocenters. The Morgan fingerprint density at radius 3 is 2.54 bits per heavy atom. The third kappa shape index (κ3) is 4.22. The fourth-order valence-electron chi connectivity index (χ4n) is 2.96. The SMILES string of the molecule is C=C1CCc2nc(Cc3ccccc3)nc(OCC(C)C)c2CC1. The highest BCUT2D eigenvalue weighted by Crippen LogP contribution is 2.29.